The minimum absolute atomic E-state index is 0.0102. The average molecular weight is 316 g/mol. The Morgan fingerprint density at radius 3 is 2.26 bits per heavy atom. The molecule has 0 aliphatic carbocycles. The van der Waals surface area contributed by atoms with E-state index in [9.17, 15) is 14.4 Å². The lowest BCUT2D eigenvalue weighted by atomic mass is 10.0. The van der Waals surface area contributed by atoms with Crippen LogP contribution in [0.5, 0.6) is 5.75 Å². The molecule has 0 radical (unpaired) electrons. The third kappa shape index (κ3) is 3.52. The lowest BCUT2D eigenvalue weighted by molar-refractivity contribution is -0.143. The Morgan fingerprint density at radius 1 is 1.04 bits per heavy atom. The van der Waals surface area contributed by atoms with Gasteiger partial charge in [-0.15, -0.1) is 0 Å². The van der Waals surface area contributed by atoms with E-state index >= 15 is 0 Å². The third-order valence-electron chi connectivity index (χ3n) is 4.38. The number of carbonyl (C=O) groups is 3. The number of nitrogens with zero attached hydrogens (tertiary/aromatic N) is 2. The molecular weight excluding hydrogens is 296 g/mol. The third-order valence-corrected chi connectivity index (χ3v) is 4.38. The van der Waals surface area contributed by atoms with Crippen molar-refractivity contribution in [2.45, 2.75) is 31.7 Å². The van der Waals surface area contributed by atoms with E-state index in [0.29, 0.717) is 44.5 Å². The molecule has 2 saturated heterocycles. The molecule has 0 atom stereocenters. The van der Waals surface area contributed by atoms with Crippen molar-refractivity contribution in [2.75, 3.05) is 19.7 Å². The van der Waals surface area contributed by atoms with Gasteiger partial charge in [0.2, 0.25) is 11.8 Å². The van der Waals surface area contributed by atoms with Crippen molar-refractivity contribution in [3.63, 3.8) is 0 Å². The summed E-state index contributed by atoms with van der Waals surface area (Å²) in [4.78, 5) is 38.9. The van der Waals surface area contributed by atoms with Crippen LogP contribution in [0.1, 0.15) is 25.7 Å². The lowest BCUT2D eigenvalue weighted by Crippen LogP contribution is -2.49. The maximum Gasteiger partial charge on any atom is 0.260 e. The summed E-state index contributed by atoms with van der Waals surface area (Å²) in [6, 6.07) is 9.16. The Labute approximate surface area is 135 Å². The van der Waals surface area contributed by atoms with Crippen LogP contribution in [-0.2, 0) is 14.4 Å². The maximum absolute atomic E-state index is 12.2. The van der Waals surface area contributed by atoms with Crippen molar-refractivity contribution in [2.24, 2.45) is 0 Å². The van der Waals surface area contributed by atoms with Crippen LogP contribution in [0.3, 0.4) is 0 Å². The van der Waals surface area contributed by atoms with Crippen LogP contribution in [0.25, 0.3) is 0 Å². The molecule has 0 spiro atoms. The van der Waals surface area contributed by atoms with E-state index in [1.165, 1.54) is 4.90 Å². The minimum atomic E-state index is -0.0767. The zero-order valence-electron chi connectivity index (χ0n) is 12.9. The fourth-order valence-corrected chi connectivity index (χ4v) is 3.13. The van der Waals surface area contributed by atoms with Gasteiger partial charge in [-0.05, 0) is 25.0 Å². The molecule has 2 aliphatic rings. The van der Waals surface area contributed by atoms with Gasteiger partial charge in [-0.3, -0.25) is 19.3 Å². The quantitative estimate of drug-likeness (QED) is 0.783. The molecule has 1 aromatic rings. The van der Waals surface area contributed by atoms with Gasteiger partial charge in [0.1, 0.15) is 5.75 Å². The van der Waals surface area contributed by atoms with Crippen LogP contribution >= 0.6 is 0 Å². The zero-order chi connectivity index (χ0) is 16.2. The number of likely N-dealkylation sites (tertiary alicyclic amines) is 2. The van der Waals surface area contributed by atoms with Crippen LogP contribution in [0.2, 0.25) is 0 Å². The first-order valence-electron chi connectivity index (χ1n) is 7.95. The molecule has 0 bridgehead atoms. The monoisotopic (exact) mass is 316 g/mol. The molecule has 3 amide bonds. The summed E-state index contributed by atoms with van der Waals surface area (Å²) in [5, 5.41) is 0. The van der Waals surface area contributed by atoms with E-state index < -0.39 is 0 Å². The van der Waals surface area contributed by atoms with Gasteiger partial charge in [-0.1, -0.05) is 18.2 Å². The van der Waals surface area contributed by atoms with Gasteiger partial charge in [-0.2, -0.15) is 0 Å². The van der Waals surface area contributed by atoms with E-state index in [4.69, 9.17) is 4.74 Å². The Morgan fingerprint density at radius 2 is 1.65 bits per heavy atom. The summed E-state index contributed by atoms with van der Waals surface area (Å²) in [5.41, 5.74) is 0. The highest BCUT2D eigenvalue weighted by atomic mass is 16.5. The molecule has 3 rings (SSSR count). The highest BCUT2D eigenvalue weighted by Crippen LogP contribution is 2.23. The van der Waals surface area contributed by atoms with Crippen molar-refractivity contribution < 1.29 is 19.1 Å². The summed E-state index contributed by atoms with van der Waals surface area (Å²) in [5.74, 6) is 0.453. The molecule has 0 aromatic heterocycles. The summed E-state index contributed by atoms with van der Waals surface area (Å²) in [6.07, 6.45) is 1.94. The van der Waals surface area contributed by atoms with Crippen molar-refractivity contribution >= 4 is 17.7 Å². The molecule has 0 N–H and O–H groups in total. The first kappa shape index (κ1) is 15.5. The number of carbonyl (C=O) groups excluding carboxylic acids is 3. The minimum Gasteiger partial charge on any atom is -0.484 e. The molecule has 2 aliphatic heterocycles. The average Bonchev–Trinajstić information content (AvgIpc) is 2.92. The fourth-order valence-electron chi connectivity index (χ4n) is 3.13. The fraction of sp³-hybridized carbons (Fsp3) is 0.471. The van der Waals surface area contributed by atoms with Gasteiger partial charge in [0.05, 0.1) is 0 Å². The van der Waals surface area contributed by atoms with Crippen LogP contribution in [0.15, 0.2) is 30.3 Å². The van der Waals surface area contributed by atoms with Gasteiger partial charge in [0.25, 0.3) is 5.91 Å². The van der Waals surface area contributed by atoms with Gasteiger partial charge < -0.3 is 9.64 Å². The molecule has 6 nitrogen and oxygen atoms in total. The second kappa shape index (κ2) is 6.81. The molecule has 122 valence electrons. The van der Waals surface area contributed by atoms with E-state index in [1.807, 2.05) is 30.3 Å². The summed E-state index contributed by atoms with van der Waals surface area (Å²) < 4.78 is 5.47. The summed E-state index contributed by atoms with van der Waals surface area (Å²) in [6.45, 7) is 1.12. The van der Waals surface area contributed by atoms with E-state index in [0.717, 1.165) is 0 Å². The molecule has 2 fully saturated rings. The number of para-hydroxylation sites is 1. The van der Waals surface area contributed by atoms with Crippen LogP contribution < -0.4 is 4.74 Å². The molecule has 23 heavy (non-hydrogen) atoms. The smallest absolute Gasteiger partial charge is 0.260 e. The van der Waals surface area contributed by atoms with Crippen LogP contribution in [0, 0.1) is 0 Å². The second-order valence-electron chi connectivity index (χ2n) is 5.87. The maximum atomic E-state index is 12.2. The predicted molar refractivity (Wildman–Crippen MR) is 82.6 cm³/mol. The Balaban J connectivity index is 1.48. The number of ether oxygens (including phenoxy) is 1. The topological polar surface area (TPSA) is 66.9 Å². The zero-order valence-corrected chi connectivity index (χ0v) is 12.9. The Kier molecular flexibility index (Phi) is 4.60. The molecular formula is C17H20N2O4. The Hall–Kier alpha value is -2.37. The van der Waals surface area contributed by atoms with Crippen molar-refractivity contribution in [3.8, 4) is 5.75 Å². The predicted octanol–water partition coefficient (Wildman–Crippen LogP) is 1.21. The lowest BCUT2D eigenvalue weighted by Gasteiger charge is -2.35. The summed E-state index contributed by atoms with van der Waals surface area (Å²) >= 11 is 0. The molecule has 2 heterocycles. The van der Waals surface area contributed by atoms with Crippen LogP contribution in [0.4, 0.5) is 0 Å². The number of benzene rings is 1. The standard InChI is InChI=1S/C17H20N2O4/c20-15-6-7-16(21)19(15)13-8-10-18(11-9-13)17(22)12-23-14-4-2-1-3-5-14/h1-5,13H,6-12H2. The normalized spacial score (nSPS) is 19.3. The largest absolute Gasteiger partial charge is 0.484 e. The van der Waals surface area contributed by atoms with Crippen LogP contribution in [-0.4, -0.2) is 53.3 Å². The Bertz CT molecular complexity index is 578. The first-order valence-corrected chi connectivity index (χ1v) is 7.95. The highest BCUT2D eigenvalue weighted by molar-refractivity contribution is 6.02. The van der Waals surface area contributed by atoms with Gasteiger partial charge in [-0.25, -0.2) is 0 Å². The number of hydrogen-bond donors (Lipinski definition) is 0. The second-order valence-corrected chi connectivity index (χ2v) is 5.87. The van der Waals surface area contributed by atoms with Crippen molar-refractivity contribution in [1.29, 1.82) is 0 Å². The molecule has 1 aromatic carbocycles. The summed E-state index contributed by atoms with van der Waals surface area (Å²) in [7, 11) is 0. The van der Waals surface area contributed by atoms with Crippen molar-refractivity contribution in [1.82, 2.24) is 9.80 Å². The molecule has 0 unspecified atom stereocenters. The molecule has 6 heteroatoms. The molecule has 0 saturated carbocycles. The first-order chi connectivity index (χ1) is 11.1. The van der Waals surface area contributed by atoms with Gasteiger partial charge in [0.15, 0.2) is 6.61 Å². The van der Waals surface area contributed by atoms with E-state index in [-0.39, 0.29) is 30.4 Å². The van der Waals surface area contributed by atoms with E-state index in [2.05, 4.69) is 0 Å². The number of rotatable bonds is 4. The van der Waals surface area contributed by atoms with E-state index in [1.54, 1.807) is 4.90 Å². The number of amides is 3. The number of piperidine rings is 1. The SMILES string of the molecule is O=C(COc1ccccc1)N1CCC(N2C(=O)CCC2=O)CC1. The highest BCUT2D eigenvalue weighted by Gasteiger charge is 2.37. The number of imide groups is 1. The number of hydrogen-bond acceptors (Lipinski definition) is 4. The van der Waals surface area contributed by atoms with Gasteiger partial charge in [0, 0.05) is 32.0 Å². The van der Waals surface area contributed by atoms with Gasteiger partial charge >= 0.3 is 0 Å². The van der Waals surface area contributed by atoms with Crippen molar-refractivity contribution in [3.05, 3.63) is 30.3 Å².